The molecule has 2 aromatic carbocycles. The monoisotopic (exact) mass is 464 g/mol. The number of hydrogen-bond donors (Lipinski definition) is 1. The summed E-state index contributed by atoms with van der Waals surface area (Å²) in [6.07, 6.45) is 2.01. The molecule has 0 saturated carbocycles. The zero-order chi connectivity index (χ0) is 23.9. The van der Waals surface area contributed by atoms with Crippen molar-refractivity contribution in [1.82, 2.24) is 20.0 Å². The lowest BCUT2D eigenvalue weighted by Gasteiger charge is -2.26. The van der Waals surface area contributed by atoms with Crippen molar-refractivity contribution < 1.29 is 19.0 Å². The summed E-state index contributed by atoms with van der Waals surface area (Å²) >= 11 is 0. The molecule has 1 aliphatic heterocycles. The van der Waals surface area contributed by atoms with E-state index in [4.69, 9.17) is 19.3 Å². The van der Waals surface area contributed by atoms with Crippen molar-refractivity contribution in [3.63, 3.8) is 0 Å². The second kappa shape index (κ2) is 11.1. The largest absolute Gasteiger partial charge is 0.497 e. The highest BCUT2D eigenvalue weighted by Gasteiger charge is 2.27. The highest BCUT2D eigenvalue weighted by molar-refractivity contribution is 5.74. The molecule has 1 fully saturated rings. The maximum Gasteiger partial charge on any atom is 0.317 e. The number of benzene rings is 2. The van der Waals surface area contributed by atoms with Crippen LogP contribution >= 0.6 is 0 Å². The summed E-state index contributed by atoms with van der Waals surface area (Å²) in [7, 11) is 1.63. The first-order chi connectivity index (χ1) is 16.6. The van der Waals surface area contributed by atoms with Crippen LogP contribution in [0.1, 0.15) is 31.0 Å². The number of carbonyl (C=O) groups is 1. The first-order valence-electron chi connectivity index (χ1n) is 11.7. The lowest BCUT2D eigenvalue weighted by Crippen LogP contribution is -2.43. The van der Waals surface area contributed by atoms with Crippen molar-refractivity contribution in [2.45, 2.75) is 39.3 Å². The quantitative estimate of drug-likeness (QED) is 0.497. The Bertz CT molecular complexity index is 1080. The van der Waals surface area contributed by atoms with Gasteiger partial charge in [0.2, 0.25) is 5.88 Å². The normalized spacial score (nSPS) is 15.2. The number of urea groups is 1. The van der Waals surface area contributed by atoms with E-state index in [0.717, 1.165) is 42.1 Å². The molecule has 1 saturated heterocycles. The Morgan fingerprint density at radius 2 is 1.91 bits per heavy atom. The van der Waals surface area contributed by atoms with Crippen LogP contribution < -0.4 is 14.8 Å². The van der Waals surface area contributed by atoms with E-state index in [2.05, 4.69) is 5.32 Å². The molecule has 180 valence electrons. The van der Waals surface area contributed by atoms with Crippen molar-refractivity contribution in [1.29, 1.82) is 0 Å². The number of rotatable bonds is 9. The van der Waals surface area contributed by atoms with E-state index >= 15 is 0 Å². The van der Waals surface area contributed by atoms with Crippen LogP contribution in [0.15, 0.2) is 54.6 Å². The van der Waals surface area contributed by atoms with E-state index in [0.29, 0.717) is 31.3 Å². The fraction of sp³-hybridized carbons (Fsp3) is 0.385. The van der Waals surface area contributed by atoms with Crippen molar-refractivity contribution in [3.05, 3.63) is 65.9 Å². The number of methoxy groups -OCH3 is 1. The van der Waals surface area contributed by atoms with E-state index in [9.17, 15) is 4.79 Å². The van der Waals surface area contributed by atoms with Crippen molar-refractivity contribution in [2.24, 2.45) is 0 Å². The molecular formula is C26H32N4O4. The minimum atomic E-state index is -0.125. The molecule has 1 N–H and O–H groups in total. The Morgan fingerprint density at radius 3 is 2.56 bits per heavy atom. The summed E-state index contributed by atoms with van der Waals surface area (Å²) in [4.78, 5) is 14.7. The predicted molar refractivity (Wildman–Crippen MR) is 130 cm³/mol. The lowest BCUT2D eigenvalue weighted by molar-refractivity contribution is 0.0793. The van der Waals surface area contributed by atoms with Gasteiger partial charge in [-0.1, -0.05) is 18.2 Å². The highest BCUT2D eigenvalue weighted by Crippen LogP contribution is 2.32. The summed E-state index contributed by atoms with van der Waals surface area (Å²) in [6.45, 7) is 6.03. The molecule has 2 heterocycles. The van der Waals surface area contributed by atoms with Gasteiger partial charge in [-0.15, -0.1) is 0 Å². The van der Waals surface area contributed by atoms with Gasteiger partial charge < -0.3 is 24.4 Å². The average molecular weight is 465 g/mol. The molecule has 0 aliphatic carbocycles. The van der Waals surface area contributed by atoms with Crippen LogP contribution in [0.3, 0.4) is 0 Å². The minimum absolute atomic E-state index is 0.0398. The lowest BCUT2D eigenvalue weighted by atomic mass is 10.2. The van der Waals surface area contributed by atoms with Crippen LogP contribution in [0, 0.1) is 6.92 Å². The molecule has 1 atom stereocenters. The maximum atomic E-state index is 12.9. The highest BCUT2D eigenvalue weighted by atomic mass is 16.5. The fourth-order valence-corrected chi connectivity index (χ4v) is 4.03. The molecule has 0 unspecified atom stereocenters. The SMILES string of the molecule is CCNC(=O)N(Cc1c(C)nn(-c2ccccc2)c1Oc1ccc(OC)cc1)C[C@H]1CCCO1. The van der Waals surface area contributed by atoms with Gasteiger partial charge in [0.15, 0.2) is 0 Å². The summed E-state index contributed by atoms with van der Waals surface area (Å²) in [5.74, 6) is 1.98. The molecule has 1 aliphatic rings. The third-order valence-electron chi connectivity index (χ3n) is 5.82. The van der Waals surface area contributed by atoms with E-state index < -0.39 is 0 Å². The van der Waals surface area contributed by atoms with Gasteiger partial charge in [0.25, 0.3) is 0 Å². The molecule has 0 spiro atoms. The van der Waals surface area contributed by atoms with Crippen molar-refractivity contribution in [2.75, 3.05) is 26.8 Å². The predicted octanol–water partition coefficient (Wildman–Crippen LogP) is 4.69. The number of aryl methyl sites for hydroxylation is 1. The minimum Gasteiger partial charge on any atom is -0.497 e. The Morgan fingerprint density at radius 1 is 1.18 bits per heavy atom. The summed E-state index contributed by atoms with van der Waals surface area (Å²) in [5, 5.41) is 7.71. The van der Waals surface area contributed by atoms with E-state index in [1.807, 2.05) is 68.4 Å². The van der Waals surface area contributed by atoms with Crippen LogP contribution in [0.25, 0.3) is 5.69 Å². The molecule has 4 rings (SSSR count). The summed E-state index contributed by atoms with van der Waals surface area (Å²) in [5.41, 5.74) is 2.53. The van der Waals surface area contributed by atoms with Gasteiger partial charge in [-0.2, -0.15) is 5.10 Å². The molecule has 3 aromatic rings. The molecule has 34 heavy (non-hydrogen) atoms. The average Bonchev–Trinajstić information content (AvgIpc) is 3.48. The smallest absolute Gasteiger partial charge is 0.317 e. The topological polar surface area (TPSA) is 77.9 Å². The number of ether oxygens (including phenoxy) is 3. The Labute approximate surface area is 200 Å². The van der Waals surface area contributed by atoms with E-state index in [-0.39, 0.29) is 12.1 Å². The maximum absolute atomic E-state index is 12.9. The zero-order valence-corrected chi connectivity index (χ0v) is 20.0. The van der Waals surface area contributed by atoms with Gasteiger partial charge in [-0.25, -0.2) is 9.48 Å². The van der Waals surface area contributed by atoms with E-state index in [1.165, 1.54) is 0 Å². The van der Waals surface area contributed by atoms with Crippen LogP contribution in [0.4, 0.5) is 4.79 Å². The third kappa shape index (κ3) is 5.51. The van der Waals surface area contributed by atoms with Gasteiger partial charge in [0.1, 0.15) is 11.5 Å². The Kier molecular flexibility index (Phi) is 7.69. The molecule has 8 heteroatoms. The second-order valence-corrected chi connectivity index (χ2v) is 8.25. The summed E-state index contributed by atoms with van der Waals surface area (Å²) in [6, 6.07) is 17.1. The molecule has 0 bridgehead atoms. The fourth-order valence-electron chi connectivity index (χ4n) is 4.03. The standard InChI is InChI=1S/C26H32N4O4/c1-4-27-26(31)29(17-23-11-8-16-33-23)18-24-19(2)28-30(20-9-6-5-7-10-20)25(24)34-22-14-12-21(32-3)13-15-22/h5-7,9-10,12-15,23H,4,8,11,16-18H2,1-3H3,(H,27,31)/t23-/m1/s1. The van der Waals surface area contributed by atoms with Gasteiger partial charge in [-0.05, 0) is 63.1 Å². The van der Waals surface area contributed by atoms with Crippen molar-refractivity contribution in [3.8, 4) is 23.1 Å². The molecule has 8 nitrogen and oxygen atoms in total. The Balaban J connectivity index is 1.70. The number of nitrogens with one attached hydrogen (secondary N) is 1. The number of hydrogen-bond acceptors (Lipinski definition) is 5. The van der Waals surface area contributed by atoms with Gasteiger partial charge in [-0.3, -0.25) is 0 Å². The number of nitrogens with zero attached hydrogens (tertiary/aromatic N) is 3. The first-order valence-corrected chi connectivity index (χ1v) is 11.7. The van der Waals surface area contributed by atoms with Crippen molar-refractivity contribution >= 4 is 6.03 Å². The van der Waals surface area contributed by atoms with Crippen LogP contribution in [-0.2, 0) is 11.3 Å². The van der Waals surface area contributed by atoms with E-state index in [1.54, 1.807) is 16.7 Å². The summed E-state index contributed by atoms with van der Waals surface area (Å²) < 4.78 is 19.3. The molecule has 1 aromatic heterocycles. The number of aromatic nitrogens is 2. The van der Waals surface area contributed by atoms with Crippen LogP contribution in [-0.4, -0.2) is 53.6 Å². The molecule has 2 amide bonds. The number of carbonyl (C=O) groups excluding carboxylic acids is 1. The molecule has 0 radical (unpaired) electrons. The second-order valence-electron chi connectivity index (χ2n) is 8.25. The van der Waals surface area contributed by atoms with Gasteiger partial charge in [0.05, 0.1) is 36.7 Å². The number of para-hydroxylation sites is 1. The number of amides is 2. The van der Waals surface area contributed by atoms with Gasteiger partial charge >= 0.3 is 6.03 Å². The zero-order valence-electron chi connectivity index (χ0n) is 20.0. The van der Waals surface area contributed by atoms with Crippen LogP contribution in [0.2, 0.25) is 0 Å². The first kappa shape index (κ1) is 23.6. The Hall–Kier alpha value is -3.52. The van der Waals surface area contributed by atoms with Gasteiger partial charge in [0, 0.05) is 19.7 Å². The molecular weight excluding hydrogens is 432 g/mol. The third-order valence-corrected chi connectivity index (χ3v) is 5.82. The van der Waals surface area contributed by atoms with Crippen LogP contribution in [0.5, 0.6) is 17.4 Å².